The van der Waals surface area contributed by atoms with E-state index in [2.05, 4.69) is 5.32 Å². The lowest BCUT2D eigenvalue weighted by Gasteiger charge is -2.12. The van der Waals surface area contributed by atoms with E-state index in [-0.39, 0.29) is 12.5 Å². The first-order valence-electron chi connectivity index (χ1n) is 4.28. The molecule has 0 aromatic rings. The average molecular weight is 188 g/mol. The highest BCUT2D eigenvalue weighted by molar-refractivity contribution is 5.86. The summed E-state index contributed by atoms with van der Waals surface area (Å²) >= 11 is 0. The molecule has 0 fully saturated rings. The summed E-state index contributed by atoms with van der Waals surface area (Å²) in [5.74, 6) is -0.833. The minimum atomic E-state index is -0.590. The van der Waals surface area contributed by atoms with E-state index in [9.17, 15) is 9.59 Å². The maximum atomic E-state index is 11.0. The fourth-order valence-electron chi connectivity index (χ4n) is 0.805. The molecular weight excluding hydrogens is 172 g/mol. The Morgan fingerprint density at radius 1 is 1.46 bits per heavy atom. The zero-order valence-electron chi connectivity index (χ0n) is 8.00. The summed E-state index contributed by atoms with van der Waals surface area (Å²) in [6.45, 7) is 4.01. The van der Waals surface area contributed by atoms with Gasteiger partial charge in [-0.25, -0.2) is 0 Å². The van der Waals surface area contributed by atoms with Crippen LogP contribution in [0.15, 0.2) is 0 Å². The molecule has 0 aliphatic carbocycles. The highest BCUT2D eigenvalue weighted by atomic mass is 16.5. The Labute approximate surface area is 77.6 Å². The van der Waals surface area contributed by atoms with Gasteiger partial charge >= 0.3 is 0 Å². The Morgan fingerprint density at radius 3 is 2.46 bits per heavy atom. The number of rotatable bonds is 6. The maximum Gasteiger partial charge on any atom is 0.246 e. The molecule has 0 bridgehead atoms. The molecule has 0 aliphatic rings. The largest absolute Gasteiger partial charge is 0.372 e. The molecule has 0 unspecified atom stereocenters. The Hall–Kier alpha value is -1.10. The standard InChI is InChI=1S/C8H16N2O3/c1-3-6(8(9)12)10-7(11)5-13-4-2/h6H,3-5H2,1-2H3,(H2,9,12)(H,10,11)/t6-/m1/s1. The van der Waals surface area contributed by atoms with Crippen LogP contribution in [0.1, 0.15) is 20.3 Å². The van der Waals surface area contributed by atoms with E-state index in [1.807, 2.05) is 0 Å². The molecule has 0 aromatic heterocycles. The second kappa shape index (κ2) is 6.42. The van der Waals surface area contributed by atoms with E-state index in [0.717, 1.165) is 0 Å². The van der Waals surface area contributed by atoms with Crippen molar-refractivity contribution in [3.05, 3.63) is 0 Å². The summed E-state index contributed by atoms with van der Waals surface area (Å²) in [6.07, 6.45) is 0.493. The molecule has 0 heterocycles. The van der Waals surface area contributed by atoms with Gasteiger partial charge in [-0.1, -0.05) is 6.92 Å². The molecule has 0 rings (SSSR count). The first-order valence-corrected chi connectivity index (χ1v) is 4.28. The summed E-state index contributed by atoms with van der Waals surface area (Å²) in [5.41, 5.74) is 5.03. The van der Waals surface area contributed by atoms with Gasteiger partial charge in [0.25, 0.3) is 0 Å². The van der Waals surface area contributed by atoms with Crippen molar-refractivity contribution in [3.8, 4) is 0 Å². The van der Waals surface area contributed by atoms with Gasteiger partial charge in [-0.05, 0) is 13.3 Å². The van der Waals surface area contributed by atoms with Gasteiger partial charge in [0, 0.05) is 6.61 Å². The number of nitrogens with one attached hydrogen (secondary N) is 1. The van der Waals surface area contributed by atoms with Gasteiger partial charge in [0.2, 0.25) is 11.8 Å². The zero-order chi connectivity index (χ0) is 10.3. The van der Waals surface area contributed by atoms with Crippen molar-refractivity contribution in [2.75, 3.05) is 13.2 Å². The molecule has 0 saturated carbocycles. The Bertz CT molecular complexity index is 182. The number of hydrogen-bond acceptors (Lipinski definition) is 3. The number of nitrogens with two attached hydrogens (primary N) is 1. The van der Waals surface area contributed by atoms with E-state index >= 15 is 0 Å². The molecule has 13 heavy (non-hydrogen) atoms. The van der Waals surface area contributed by atoms with Crippen molar-refractivity contribution in [1.29, 1.82) is 0 Å². The van der Waals surface area contributed by atoms with Crippen LogP contribution in [0, 0.1) is 0 Å². The van der Waals surface area contributed by atoms with Crippen LogP contribution in [0.3, 0.4) is 0 Å². The fourth-order valence-corrected chi connectivity index (χ4v) is 0.805. The predicted octanol–water partition coefficient (Wildman–Crippen LogP) is -0.597. The predicted molar refractivity (Wildman–Crippen MR) is 47.9 cm³/mol. The summed E-state index contributed by atoms with van der Waals surface area (Å²) < 4.78 is 4.86. The maximum absolute atomic E-state index is 11.0. The number of carbonyl (C=O) groups is 2. The average Bonchev–Trinajstić information content (AvgIpc) is 2.10. The Morgan fingerprint density at radius 2 is 2.08 bits per heavy atom. The van der Waals surface area contributed by atoms with Crippen molar-refractivity contribution >= 4 is 11.8 Å². The number of amides is 2. The Kier molecular flexibility index (Phi) is 5.88. The van der Waals surface area contributed by atoms with Crippen LogP contribution in [-0.2, 0) is 14.3 Å². The van der Waals surface area contributed by atoms with Gasteiger partial charge in [-0.15, -0.1) is 0 Å². The molecule has 0 spiro atoms. The van der Waals surface area contributed by atoms with Crippen LogP contribution >= 0.6 is 0 Å². The molecule has 3 N–H and O–H groups in total. The number of ether oxygens (including phenoxy) is 1. The van der Waals surface area contributed by atoms with Crippen LogP contribution in [0.5, 0.6) is 0 Å². The second-order valence-corrected chi connectivity index (χ2v) is 2.57. The van der Waals surface area contributed by atoms with Gasteiger partial charge in [-0.3, -0.25) is 9.59 Å². The number of primary amides is 1. The minimum Gasteiger partial charge on any atom is -0.372 e. The van der Waals surface area contributed by atoms with Crippen LogP contribution in [-0.4, -0.2) is 31.1 Å². The molecule has 0 saturated heterocycles. The summed E-state index contributed by atoms with van der Waals surface area (Å²) in [6, 6.07) is -0.590. The van der Waals surface area contributed by atoms with Crippen LogP contribution in [0.2, 0.25) is 0 Å². The fraction of sp³-hybridized carbons (Fsp3) is 0.750. The van der Waals surface area contributed by atoms with Crippen LogP contribution in [0.4, 0.5) is 0 Å². The van der Waals surface area contributed by atoms with Crippen LogP contribution in [0.25, 0.3) is 0 Å². The quantitative estimate of drug-likeness (QED) is 0.584. The highest BCUT2D eigenvalue weighted by Crippen LogP contribution is 1.89. The topological polar surface area (TPSA) is 81.4 Å². The highest BCUT2D eigenvalue weighted by Gasteiger charge is 2.14. The SMILES string of the molecule is CCOCC(=O)N[C@H](CC)C(N)=O. The van der Waals surface area contributed by atoms with Gasteiger partial charge in [-0.2, -0.15) is 0 Å². The van der Waals surface area contributed by atoms with Gasteiger partial charge < -0.3 is 15.8 Å². The smallest absolute Gasteiger partial charge is 0.246 e. The van der Waals surface area contributed by atoms with E-state index in [1.165, 1.54) is 0 Å². The van der Waals surface area contributed by atoms with Crippen molar-refractivity contribution in [3.63, 3.8) is 0 Å². The molecule has 0 aromatic carbocycles. The van der Waals surface area contributed by atoms with E-state index in [4.69, 9.17) is 10.5 Å². The summed E-state index contributed by atoms with van der Waals surface area (Å²) in [7, 11) is 0. The molecule has 5 nitrogen and oxygen atoms in total. The molecule has 76 valence electrons. The summed E-state index contributed by atoms with van der Waals surface area (Å²) in [4.78, 5) is 21.7. The molecular formula is C8H16N2O3. The van der Waals surface area contributed by atoms with Crippen LogP contribution < -0.4 is 11.1 Å². The minimum absolute atomic E-state index is 0.0275. The molecule has 0 aliphatic heterocycles. The van der Waals surface area contributed by atoms with Crippen molar-refractivity contribution < 1.29 is 14.3 Å². The second-order valence-electron chi connectivity index (χ2n) is 2.57. The first-order chi connectivity index (χ1) is 6.11. The van der Waals surface area contributed by atoms with E-state index in [0.29, 0.717) is 13.0 Å². The molecule has 5 heteroatoms. The van der Waals surface area contributed by atoms with Gasteiger partial charge in [0.1, 0.15) is 12.6 Å². The number of carbonyl (C=O) groups excluding carboxylic acids is 2. The normalized spacial score (nSPS) is 12.2. The van der Waals surface area contributed by atoms with Crippen molar-refractivity contribution in [2.24, 2.45) is 5.73 Å². The molecule has 2 amide bonds. The summed E-state index contributed by atoms with van der Waals surface area (Å²) in [5, 5.41) is 2.46. The van der Waals surface area contributed by atoms with Gasteiger partial charge in [0.15, 0.2) is 0 Å². The lowest BCUT2D eigenvalue weighted by Crippen LogP contribution is -2.45. The molecule has 0 radical (unpaired) electrons. The molecule has 1 atom stereocenters. The third-order valence-corrected chi connectivity index (χ3v) is 1.52. The van der Waals surface area contributed by atoms with Crippen molar-refractivity contribution in [1.82, 2.24) is 5.32 Å². The Balaban J connectivity index is 3.80. The zero-order valence-corrected chi connectivity index (χ0v) is 8.00. The number of hydrogen-bond donors (Lipinski definition) is 2. The monoisotopic (exact) mass is 188 g/mol. The van der Waals surface area contributed by atoms with E-state index in [1.54, 1.807) is 13.8 Å². The third kappa shape index (κ3) is 5.19. The third-order valence-electron chi connectivity index (χ3n) is 1.52. The lowest BCUT2D eigenvalue weighted by molar-refractivity contribution is -0.130. The van der Waals surface area contributed by atoms with Gasteiger partial charge in [0.05, 0.1) is 0 Å². The van der Waals surface area contributed by atoms with Crippen molar-refractivity contribution in [2.45, 2.75) is 26.3 Å². The van der Waals surface area contributed by atoms with E-state index < -0.39 is 11.9 Å². The first kappa shape index (κ1) is 11.9. The lowest BCUT2D eigenvalue weighted by atomic mass is 10.2.